The highest BCUT2D eigenvalue weighted by molar-refractivity contribution is 5.15. The molecule has 0 saturated carbocycles. The van der Waals surface area contributed by atoms with Crippen molar-refractivity contribution < 1.29 is 0 Å². The quantitative estimate of drug-likeness (QED) is 0.840. The van der Waals surface area contributed by atoms with Crippen LogP contribution in [0.2, 0.25) is 0 Å². The number of hydrogen-bond donors (Lipinski definition) is 0. The third-order valence-electron chi connectivity index (χ3n) is 4.56. The van der Waals surface area contributed by atoms with Crippen LogP contribution < -0.4 is 0 Å². The van der Waals surface area contributed by atoms with Crippen molar-refractivity contribution in [1.29, 1.82) is 0 Å². The highest BCUT2D eigenvalue weighted by atomic mass is 15.6. The normalized spacial score (nSPS) is 18.4. The van der Waals surface area contributed by atoms with Gasteiger partial charge in [-0.15, -0.1) is 5.10 Å². The van der Waals surface area contributed by atoms with E-state index in [0.29, 0.717) is 5.92 Å². The number of aromatic nitrogens is 4. The Morgan fingerprint density at radius 3 is 2.39 bits per heavy atom. The van der Waals surface area contributed by atoms with Crippen LogP contribution in [0.4, 0.5) is 0 Å². The molecule has 0 unspecified atom stereocenters. The van der Waals surface area contributed by atoms with Gasteiger partial charge in [-0.1, -0.05) is 44.2 Å². The van der Waals surface area contributed by atoms with E-state index in [2.05, 4.69) is 70.5 Å². The molecule has 1 atom stereocenters. The minimum Gasteiger partial charge on any atom is -0.304 e. The number of rotatable bonds is 5. The molecule has 1 saturated heterocycles. The molecule has 3 rings (SSSR count). The van der Waals surface area contributed by atoms with Gasteiger partial charge in [-0.3, -0.25) is 4.90 Å². The Balaban J connectivity index is 1.82. The van der Waals surface area contributed by atoms with E-state index in [1.54, 1.807) is 0 Å². The molecule has 0 radical (unpaired) electrons. The highest BCUT2D eigenvalue weighted by Crippen LogP contribution is 2.27. The molecule has 6 nitrogen and oxygen atoms in total. The van der Waals surface area contributed by atoms with Gasteiger partial charge < -0.3 is 4.90 Å². The lowest BCUT2D eigenvalue weighted by molar-refractivity contribution is 0.0812. The summed E-state index contributed by atoms with van der Waals surface area (Å²) in [5, 5.41) is 12.6. The standard InChI is InChI=1S/C17H26N6/c1-14(2)16(22-11-9-21(3)10-12-22)17-18-19-20-23(17)13-15-7-5-4-6-8-15/h4-8,14,16H,9-13H2,1-3H3/t16-/m1/s1. The fourth-order valence-corrected chi connectivity index (χ4v) is 3.28. The van der Waals surface area contributed by atoms with E-state index in [-0.39, 0.29) is 6.04 Å². The smallest absolute Gasteiger partial charge is 0.169 e. The summed E-state index contributed by atoms with van der Waals surface area (Å²) >= 11 is 0. The first kappa shape index (κ1) is 16.1. The first-order valence-electron chi connectivity index (χ1n) is 8.37. The molecule has 0 N–H and O–H groups in total. The largest absolute Gasteiger partial charge is 0.304 e. The van der Waals surface area contributed by atoms with E-state index in [0.717, 1.165) is 38.5 Å². The Bertz CT molecular complexity index is 601. The molecule has 1 aromatic heterocycles. The van der Waals surface area contributed by atoms with Crippen LogP contribution in [0.5, 0.6) is 0 Å². The van der Waals surface area contributed by atoms with E-state index in [1.165, 1.54) is 5.56 Å². The Labute approximate surface area is 138 Å². The summed E-state index contributed by atoms with van der Waals surface area (Å²) in [6, 6.07) is 10.6. The average molecular weight is 314 g/mol. The molecule has 124 valence electrons. The van der Waals surface area contributed by atoms with Gasteiger partial charge in [-0.25, -0.2) is 4.68 Å². The molecular formula is C17H26N6. The lowest BCUT2D eigenvalue weighted by Crippen LogP contribution is -2.47. The summed E-state index contributed by atoms with van der Waals surface area (Å²) < 4.78 is 1.96. The van der Waals surface area contributed by atoms with Crippen LogP contribution in [0.15, 0.2) is 30.3 Å². The topological polar surface area (TPSA) is 50.1 Å². The Kier molecular flexibility index (Phi) is 5.03. The van der Waals surface area contributed by atoms with Crippen LogP contribution in [0.25, 0.3) is 0 Å². The number of hydrogen-bond acceptors (Lipinski definition) is 5. The number of nitrogens with zero attached hydrogens (tertiary/aromatic N) is 6. The van der Waals surface area contributed by atoms with Gasteiger partial charge in [0.2, 0.25) is 0 Å². The first-order chi connectivity index (χ1) is 11.1. The third-order valence-corrected chi connectivity index (χ3v) is 4.56. The van der Waals surface area contributed by atoms with Crippen molar-refractivity contribution in [2.45, 2.75) is 26.4 Å². The Morgan fingerprint density at radius 1 is 1.04 bits per heavy atom. The summed E-state index contributed by atoms with van der Waals surface area (Å²) in [6.45, 7) is 9.57. The second-order valence-electron chi connectivity index (χ2n) is 6.71. The molecule has 1 fully saturated rings. The van der Waals surface area contributed by atoms with Crippen molar-refractivity contribution in [3.05, 3.63) is 41.7 Å². The molecule has 0 amide bonds. The fraction of sp³-hybridized carbons (Fsp3) is 0.588. The summed E-state index contributed by atoms with van der Waals surface area (Å²) in [6.07, 6.45) is 0. The van der Waals surface area contributed by atoms with Gasteiger partial charge >= 0.3 is 0 Å². The van der Waals surface area contributed by atoms with E-state index >= 15 is 0 Å². The second-order valence-corrected chi connectivity index (χ2v) is 6.71. The fourth-order valence-electron chi connectivity index (χ4n) is 3.28. The molecule has 1 aliphatic rings. The van der Waals surface area contributed by atoms with Gasteiger partial charge in [0.1, 0.15) is 0 Å². The van der Waals surface area contributed by atoms with Gasteiger partial charge in [-0.2, -0.15) is 0 Å². The van der Waals surface area contributed by atoms with Crippen molar-refractivity contribution in [3.63, 3.8) is 0 Å². The van der Waals surface area contributed by atoms with Gasteiger partial charge in [0.05, 0.1) is 12.6 Å². The van der Waals surface area contributed by atoms with Crippen molar-refractivity contribution in [3.8, 4) is 0 Å². The second kappa shape index (κ2) is 7.19. The summed E-state index contributed by atoms with van der Waals surface area (Å²) in [7, 11) is 2.18. The van der Waals surface area contributed by atoms with Crippen molar-refractivity contribution >= 4 is 0 Å². The van der Waals surface area contributed by atoms with Crippen LogP contribution in [0.3, 0.4) is 0 Å². The first-order valence-corrected chi connectivity index (χ1v) is 8.37. The van der Waals surface area contributed by atoms with Crippen LogP contribution in [0.1, 0.15) is 31.3 Å². The van der Waals surface area contributed by atoms with Gasteiger partial charge in [-0.05, 0) is 29.0 Å². The number of tetrazole rings is 1. The zero-order valence-electron chi connectivity index (χ0n) is 14.3. The summed E-state index contributed by atoms with van der Waals surface area (Å²) in [5.41, 5.74) is 1.22. The minimum absolute atomic E-state index is 0.266. The van der Waals surface area contributed by atoms with Crippen molar-refractivity contribution in [1.82, 2.24) is 30.0 Å². The lowest BCUT2D eigenvalue weighted by Gasteiger charge is -2.39. The van der Waals surface area contributed by atoms with Crippen LogP contribution >= 0.6 is 0 Å². The van der Waals surface area contributed by atoms with E-state index in [1.807, 2.05) is 10.7 Å². The maximum absolute atomic E-state index is 4.37. The molecular weight excluding hydrogens is 288 g/mol. The van der Waals surface area contributed by atoms with Crippen LogP contribution in [-0.4, -0.2) is 63.2 Å². The predicted octanol–water partition coefficient (Wildman–Crippen LogP) is 1.67. The number of piperazine rings is 1. The molecule has 0 bridgehead atoms. The highest BCUT2D eigenvalue weighted by Gasteiger charge is 2.30. The Morgan fingerprint density at radius 2 is 1.74 bits per heavy atom. The van der Waals surface area contributed by atoms with Crippen LogP contribution in [0, 0.1) is 5.92 Å². The minimum atomic E-state index is 0.266. The SMILES string of the molecule is CC(C)[C@H](c1nnnn1Cc1ccccc1)N1CCN(C)CC1. The van der Waals surface area contributed by atoms with E-state index < -0.39 is 0 Å². The van der Waals surface area contributed by atoms with Crippen LogP contribution in [-0.2, 0) is 6.54 Å². The van der Waals surface area contributed by atoms with Gasteiger partial charge in [0.25, 0.3) is 0 Å². The maximum atomic E-state index is 4.37. The zero-order valence-corrected chi connectivity index (χ0v) is 14.3. The number of likely N-dealkylation sites (N-methyl/N-ethyl adjacent to an activating group) is 1. The zero-order chi connectivity index (χ0) is 16.2. The molecule has 2 heterocycles. The molecule has 1 aliphatic heterocycles. The predicted molar refractivity (Wildman–Crippen MR) is 90.0 cm³/mol. The number of benzene rings is 1. The molecule has 1 aromatic carbocycles. The van der Waals surface area contributed by atoms with Gasteiger partial charge in [0.15, 0.2) is 5.82 Å². The van der Waals surface area contributed by atoms with E-state index in [9.17, 15) is 0 Å². The summed E-state index contributed by atoms with van der Waals surface area (Å²) in [4.78, 5) is 4.90. The summed E-state index contributed by atoms with van der Waals surface area (Å²) in [5.74, 6) is 1.45. The van der Waals surface area contributed by atoms with Gasteiger partial charge in [0, 0.05) is 26.2 Å². The Hall–Kier alpha value is -1.79. The molecule has 6 heteroatoms. The molecule has 0 spiro atoms. The molecule has 0 aliphatic carbocycles. The average Bonchev–Trinajstić information content (AvgIpc) is 2.98. The third kappa shape index (κ3) is 3.76. The van der Waals surface area contributed by atoms with E-state index in [4.69, 9.17) is 0 Å². The molecule has 23 heavy (non-hydrogen) atoms. The lowest BCUT2D eigenvalue weighted by atomic mass is 10.0. The maximum Gasteiger partial charge on any atom is 0.169 e. The van der Waals surface area contributed by atoms with Crippen molar-refractivity contribution in [2.24, 2.45) is 5.92 Å². The monoisotopic (exact) mass is 314 g/mol. The van der Waals surface area contributed by atoms with Crippen molar-refractivity contribution in [2.75, 3.05) is 33.2 Å². The molecule has 2 aromatic rings.